The maximum atomic E-state index is 12.7. The summed E-state index contributed by atoms with van der Waals surface area (Å²) in [5.41, 5.74) is 1.01. The van der Waals surface area contributed by atoms with Crippen molar-refractivity contribution in [2.24, 2.45) is 5.92 Å². The van der Waals surface area contributed by atoms with Crippen molar-refractivity contribution in [2.75, 3.05) is 23.3 Å². The summed E-state index contributed by atoms with van der Waals surface area (Å²) in [6.45, 7) is 3.03. The molecule has 1 aromatic carbocycles. The Balaban J connectivity index is 1.61. The molecule has 0 atom stereocenters. The fraction of sp³-hybridized carbons (Fsp3) is 0.368. The average Bonchev–Trinajstić information content (AvgIpc) is 2.61. The third-order valence-corrected chi connectivity index (χ3v) is 4.96. The number of halogens is 4. The van der Waals surface area contributed by atoms with Crippen LogP contribution in [-0.4, -0.2) is 19.0 Å². The van der Waals surface area contributed by atoms with Crippen molar-refractivity contribution >= 4 is 29.0 Å². The third kappa shape index (κ3) is 4.71. The Morgan fingerprint density at radius 2 is 1.96 bits per heavy atom. The fourth-order valence-electron chi connectivity index (χ4n) is 3.20. The van der Waals surface area contributed by atoms with Gasteiger partial charge in [-0.05, 0) is 43.5 Å². The van der Waals surface area contributed by atoms with E-state index in [1.807, 2.05) is 36.1 Å². The number of alkyl halides is 3. The summed E-state index contributed by atoms with van der Waals surface area (Å²) in [5, 5.41) is 2.95. The zero-order valence-electron chi connectivity index (χ0n) is 14.7. The number of pyridine rings is 1. The van der Waals surface area contributed by atoms with Crippen molar-refractivity contribution in [2.45, 2.75) is 25.9 Å². The van der Waals surface area contributed by atoms with Crippen molar-refractivity contribution in [3.05, 3.63) is 52.7 Å². The van der Waals surface area contributed by atoms with Crippen LogP contribution in [0.1, 0.15) is 24.0 Å². The summed E-state index contributed by atoms with van der Waals surface area (Å²) >= 11 is 6.04. The van der Waals surface area contributed by atoms with Gasteiger partial charge in [0.1, 0.15) is 11.2 Å². The molecule has 0 aliphatic carbocycles. The molecule has 0 saturated carbocycles. The van der Waals surface area contributed by atoms with E-state index in [-0.39, 0.29) is 16.8 Å². The molecular weight excluding hydrogens is 379 g/mol. The molecule has 2 N–H and O–H groups in total. The number of anilines is 2. The van der Waals surface area contributed by atoms with E-state index in [1.54, 1.807) is 0 Å². The SMILES string of the molecule is Cc1cccc(NC(=O)C2CCN(c3[nH+]cc(C(F)(F)F)cc3Cl)CC2)c1. The van der Waals surface area contributed by atoms with Crippen LogP contribution in [-0.2, 0) is 11.0 Å². The maximum absolute atomic E-state index is 12.7. The second-order valence-electron chi connectivity index (χ2n) is 6.70. The van der Waals surface area contributed by atoms with E-state index < -0.39 is 11.7 Å². The lowest BCUT2D eigenvalue weighted by molar-refractivity contribution is -0.367. The van der Waals surface area contributed by atoms with E-state index >= 15 is 0 Å². The highest BCUT2D eigenvalue weighted by Gasteiger charge is 2.35. The van der Waals surface area contributed by atoms with Gasteiger partial charge < -0.3 is 5.32 Å². The Hall–Kier alpha value is -2.28. The van der Waals surface area contributed by atoms with Gasteiger partial charge in [0.15, 0.2) is 0 Å². The van der Waals surface area contributed by atoms with Crippen molar-refractivity contribution < 1.29 is 22.9 Å². The number of amides is 1. The smallest absolute Gasteiger partial charge is 0.326 e. The average molecular weight is 399 g/mol. The molecule has 0 spiro atoms. The summed E-state index contributed by atoms with van der Waals surface area (Å²) in [4.78, 5) is 17.0. The lowest BCUT2D eigenvalue weighted by atomic mass is 9.95. The van der Waals surface area contributed by atoms with Crippen molar-refractivity contribution in [1.82, 2.24) is 0 Å². The summed E-state index contributed by atoms with van der Waals surface area (Å²) in [5.74, 6) is 0.264. The van der Waals surface area contributed by atoms with Crippen molar-refractivity contribution in [3.63, 3.8) is 0 Å². The first-order valence-electron chi connectivity index (χ1n) is 8.65. The van der Waals surface area contributed by atoms with Gasteiger partial charge in [-0.1, -0.05) is 23.7 Å². The number of benzene rings is 1. The lowest BCUT2D eigenvalue weighted by Gasteiger charge is -2.27. The van der Waals surface area contributed by atoms with Crippen LogP contribution in [0.15, 0.2) is 36.5 Å². The number of carbonyl (C=O) groups is 1. The Labute approximate surface area is 160 Å². The van der Waals surface area contributed by atoms with Crippen molar-refractivity contribution in [3.8, 4) is 0 Å². The first-order chi connectivity index (χ1) is 12.7. The van der Waals surface area contributed by atoms with Gasteiger partial charge in [0.25, 0.3) is 5.82 Å². The molecule has 0 bridgehead atoms. The zero-order chi connectivity index (χ0) is 19.6. The van der Waals surface area contributed by atoms with E-state index in [4.69, 9.17) is 11.6 Å². The molecule has 1 fully saturated rings. The number of piperidine rings is 1. The summed E-state index contributed by atoms with van der Waals surface area (Å²) in [6, 6.07) is 8.51. The lowest BCUT2D eigenvalue weighted by Crippen LogP contribution is -2.40. The molecule has 8 heteroatoms. The van der Waals surface area contributed by atoms with Gasteiger partial charge in [-0.25, -0.2) is 4.98 Å². The normalized spacial score (nSPS) is 15.7. The molecule has 1 saturated heterocycles. The molecule has 1 aromatic heterocycles. The summed E-state index contributed by atoms with van der Waals surface area (Å²) in [6.07, 6.45) is -2.33. The van der Waals surface area contributed by atoms with Gasteiger partial charge in [0.05, 0.1) is 18.7 Å². The Kier molecular flexibility index (Phi) is 5.60. The van der Waals surface area contributed by atoms with E-state index in [9.17, 15) is 18.0 Å². The number of hydrogen-bond acceptors (Lipinski definition) is 2. The Morgan fingerprint density at radius 3 is 2.56 bits per heavy atom. The van der Waals surface area contributed by atoms with E-state index in [1.165, 1.54) is 0 Å². The van der Waals surface area contributed by atoms with Gasteiger partial charge in [-0.15, -0.1) is 0 Å². The van der Waals surface area contributed by atoms with E-state index in [0.29, 0.717) is 31.7 Å². The molecular formula is C19H20ClF3N3O+. The van der Waals surface area contributed by atoms with Gasteiger partial charge in [-0.3, -0.25) is 9.69 Å². The van der Waals surface area contributed by atoms with Gasteiger partial charge >= 0.3 is 6.18 Å². The number of carbonyl (C=O) groups excluding carboxylic acids is 1. The molecule has 1 aliphatic rings. The van der Waals surface area contributed by atoms with Crippen LogP contribution < -0.4 is 15.2 Å². The number of nitrogens with one attached hydrogen (secondary N) is 2. The highest BCUT2D eigenvalue weighted by molar-refractivity contribution is 6.32. The monoisotopic (exact) mass is 398 g/mol. The van der Waals surface area contributed by atoms with E-state index in [2.05, 4.69) is 10.3 Å². The number of hydrogen-bond donors (Lipinski definition) is 1. The molecule has 4 nitrogen and oxygen atoms in total. The molecule has 27 heavy (non-hydrogen) atoms. The fourth-order valence-corrected chi connectivity index (χ4v) is 3.49. The molecule has 3 rings (SSSR count). The Morgan fingerprint density at radius 1 is 1.26 bits per heavy atom. The first-order valence-corrected chi connectivity index (χ1v) is 9.03. The number of aromatic amines is 1. The minimum atomic E-state index is -4.44. The van der Waals surface area contributed by atoms with E-state index in [0.717, 1.165) is 23.5 Å². The van der Waals surface area contributed by atoms with Gasteiger partial charge in [-0.2, -0.15) is 13.2 Å². The molecule has 2 aromatic rings. The molecule has 0 radical (unpaired) electrons. The standard InChI is InChI=1S/C19H19ClF3N3O/c1-12-3-2-4-15(9-12)25-18(27)13-5-7-26(8-6-13)17-16(20)10-14(11-24-17)19(21,22)23/h2-4,9-11,13H,5-8H2,1H3,(H,25,27)/p+1. The number of aryl methyl sites for hydroxylation is 1. The Bertz CT molecular complexity index is 833. The maximum Gasteiger partial charge on any atom is 0.419 e. The highest BCUT2D eigenvalue weighted by Crippen LogP contribution is 2.33. The zero-order valence-corrected chi connectivity index (χ0v) is 15.5. The van der Waals surface area contributed by atoms with Crippen LogP contribution in [0.3, 0.4) is 0 Å². The minimum Gasteiger partial charge on any atom is -0.326 e. The minimum absolute atomic E-state index is 0.0208. The third-order valence-electron chi connectivity index (χ3n) is 4.67. The van der Waals surface area contributed by atoms with Crippen LogP contribution >= 0.6 is 11.6 Å². The molecule has 144 valence electrons. The van der Waals surface area contributed by atoms with Crippen molar-refractivity contribution in [1.29, 1.82) is 0 Å². The van der Waals surface area contributed by atoms with Crippen LogP contribution in [0.2, 0.25) is 5.02 Å². The molecule has 2 heterocycles. The van der Waals surface area contributed by atoms with Gasteiger partial charge in [0, 0.05) is 11.6 Å². The second-order valence-corrected chi connectivity index (χ2v) is 7.11. The molecule has 0 unspecified atom stereocenters. The number of rotatable bonds is 3. The number of aromatic nitrogens is 1. The summed E-state index contributed by atoms with van der Waals surface area (Å²) in [7, 11) is 0. The quantitative estimate of drug-likeness (QED) is 0.836. The molecule has 1 aliphatic heterocycles. The van der Waals surface area contributed by atoms with Crippen LogP contribution in [0.25, 0.3) is 0 Å². The topological polar surface area (TPSA) is 46.5 Å². The first kappa shape index (κ1) is 19.5. The van der Waals surface area contributed by atoms with Crippen LogP contribution in [0.5, 0.6) is 0 Å². The summed E-state index contributed by atoms with van der Waals surface area (Å²) < 4.78 is 38.2. The van der Waals surface area contributed by atoms with Gasteiger partial charge in [0.2, 0.25) is 5.91 Å². The highest BCUT2D eigenvalue weighted by atomic mass is 35.5. The van der Waals surface area contributed by atoms with Crippen LogP contribution in [0, 0.1) is 12.8 Å². The van der Waals surface area contributed by atoms with Crippen LogP contribution in [0.4, 0.5) is 24.7 Å². The predicted molar refractivity (Wildman–Crippen MR) is 97.8 cm³/mol. The molecule has 1 amide bonds. The largest absolute Gasteiger partial charge is 0.419 e. The number of nitrogens with zero attached hydrogens (tertiary/aromatic N) is 1. The number of H-pyrrole nitrogens is 1. The second kappa shape index (κ2) is 7.76. The predicted octanol–water partition coefficient (Wildman–Crippen LogP) is 4.34.